The Bertz CT molecular complexity index is 240. The number of aromatic nitrogens is 1. The van der Waals surface area contributed by atoms with Crippen molar-refractivity contribution in [2.75, 3.05) is 0 Å². The van der Waals surface area contributed by atoms with E-state index in [2.05, 4.69) is 4.98 Å². The number of hydrogen-bond donors (Lipinski definition) is 2. The molecule has 1 heterocycles. The summed E-state index contributed by atoms with van der Waals surface area (Å²) < 4.78 is 0. The van der Waals surface area contributed by atoms with Crippen molar-refractivity contribution in [1.82, 2.24) is 4.98 Å². The van der Waals surface area contributed by atoms with E-state index in [0.717, 1.165) is 0 Å². The number of aromatic amines is 1. The maximum Gasteiger partial charge on any atom is 0.161 e. The van der Waals surface area contributed by atoms with Gasteiger partial charge in [-0.05, 0) is 13.0 Å². The first kappa shape index (κ1) is 7.02. The van der Waals surface area contributed by atoms with Crippen LogP contribution in [-0.4, -0.2) is 15.9 Å². The van der Waals surface area contributed by atoms with Gasteiger partial charge in [-0.1, -0.05) is 0 Å². The van der Waals surface area contributed by atoms with E-state index >= 15 is 0 Å². The number of H-pyrrole nitrogens is 1. The maximum atomic E-state index is 10.7. The van der Waals surface area contributed by atoms with E-state index in [0.29, 0.717) is 11.3 Å². The molecule has 2 N–H and O–H groups in total. The molecule has 0 spiro atoms. The zero-order valence-corrected chi connectivity index (χ0v) is 5.72. The molecule has 1 aromatic heterocycles. The lowest BCUT2D eigenvalue weighted by Crippen LogP contribution is -1.86. The second-order valence-corrected chi connectivity index (χ2v) is 2.13. The van der Waals surface area contributed by atoms with Gasteiger partial charge in [-0.2, -0.15) is 0 Å². The molecule has 0 aliphatic carbocycles. The summed E-state index contributed by atoms with van der Waals surface area (Å²) in [6.45, 7) is 1.44. The molecule has 3 heteroatoms. The van der Waals surface area contributed by atoms with E-state index in [1.165, 1.54) is 6.92 Å². The third kappa shape index (κ3) is 1.25. The standard InChI is InChI=1S/C7H9NO2/c1-5(10)6-2-7(4-9)8-3-6/h2-3,8-9H,4H2,1H3. The van der Waals surface area contributed by atoms with Crippen LogP contribution in [0.2, 0.25) is 0 Å². The molecule has 0 saturated carbocycles. The summed E-state index contributed by atoms with van der Waals surface area (Å²) in [4.78, 5) is 13.4. The summed E-state index contributed by atoms with van der Waals surface area (Å²) in [5.74, 6) is 0.0101. The van der Waals surface area contributed by atoms with Crippen LogP contribution in [0.1, 0.15) is 23.0 Å². The molecule has 0 aliphatic rings. The highest BCUT2D eigenvalue weighted by molar-refractivity contribution is 5.93. The highest BCUT2D eigenvalue weighted by Crippen LogP contribution is 2.03. The molecule has 0 fully saturated rings. The Morgan fingerprint density at radius 3 is 2.80 bits per heavy atom. The van der Waals surface area contributed by atoms with Crippen LogP contribution in [0, 0.1) is 0 Å². The van der Waals surface area contributed by atoms with Gasteiger partial charge < -0.3 is 10.1 Å². The van der Waals surface area contributed by atoms with Gasteiger partial charge in [0.2, 0.25) is 0 Å². The first-order valence-electron chi connectivity index (χ1n) is 3.03. The second-order valence-electron chi connectivity index (χ2n) is 2.13. The van der Waals surface area contributed by atoms with E-state index < -0.39 is 0 Å². The SMILES string of the molecule is CC(=O)c1c[nH]c(CO)c1. The van der Waals surface area contributed by atoms with Crippen molar-refractivity contribution in [3.8, 4) is 0 Å². The lowest BCUT2D eigenvalue weighted by atomic mass is 10.2. The number of carbonyl (C=O) groups excluding carboxylic acids is 1. The Hall–Kier alpha value is -1.09. The minimum atomic E-state index is -0.0483. The Labute approximate surface area is 58.7 Å². The van der Waals surface area contributed by atoms with E-state index in [1.807, 2.05) is 0 Å². The first-order chi connectivity index (χ1) is 4.74. The molecule has 0 aliphatic heterocycles. The number of aliphatic hydroxyl groups is 1. The highest BCUT2D eigenvalue weighted by atomic mass is 16.3. The molecule has 0 aromatic carbocycles. The first-order valence-corrected chi connectivity index (χ1v) is 3.03. The fraction of sp³-hybridized carbons (Fsp3) is 0.286. The van der Waals surface area contributed by atoms with Gasteiger partial charge in [0.25, 0.3) is 0 Å². The van der Waals surface area contributed by atoms with Crippen LogP contribution < -0.4 is 0 Å². The minimum Gasteiger partial charge on any atom is -0.390 e. The summed E-state index contributed by atoms with van der Waals surface area (Å²) in [7, 11) is 0. The third-order valence-electron chi connectivity index (χ3n) is 1.32. The van der Waals surface area contributed by atoms with Crippen molar-refractivity contribution in [1.29, 1.82) is 0 Å². The lowest BCUT2D eigenvalue weighted by molar-refractivity contribution is 0.101. The molecular formula is C7H9NO2. The van der Waals surface area contributed by atoms with Crippen molar-refractivity contribution in [3.63, 3.8) is 0 Å². The van der Waals surface area contributed by atoms with E-state index in [1.54, 1.807) is 12.3 Å². The quantitative estimate of drug-likeness (QED) is 0.593. The molecule has 0 unspecified atom stereocenters. The maximum absolute atomic E-state index is 10.7. The van der Waals surface area contributed by atoms with Crippen LogP contribution in [0.25, 0.3) is 0 Å². The topological polar surface area (TPSA) is 53.1 Å². The van der Waals surface area contributed by atoms with Crippen LogP contribution in [-0.2, 0) is 6.61 Å². The smallest absolute Gasteiger partial charge is 0.161 e. The van der Waals surface area contributed by atoms with Crippen LogP contribution >= 0.6 is 0 Å². The summed E-state index contributed by atoms with van der Waals surface area (Å²) in [5, 5.41) is 8.59. The summed E-state index contributed by atoms with van der Waals surface area (Å²) >= 11 is 0. The molecule has 0 atom stereocenters. The molecular weight excluding hydrogens is 130 g/mol. The number of aliphatic hydroxyl groups excluding tert-OH is 1. The van der Waals surface area contributed by atoms with Gasteiger partial charge in [0, 0.05) is 17.5 Å². The number of nitrogens with one attached hydrogen (secondary N) is 1. The van der Waals surface area contributed by atoms with Crippen molar-refractivity contribution in [2.45, 2.75) is 13.5 Å². The molecule has 0 saturated heterocycles. The number of Topliss-reactive ketones (excluding diaryl/α,β-unsaturated/α-hetero) is 1. The van der Waals surface area contributed by atoms with Crippen molar-refractivity contribution in [3.05, 3.63) is 23.5 Å². The van der Waals surface area contributed by atoms with Gasteiger partial charge >= 0.3 is 0 Å². The average Bonchev–Trinajstić information content (AvgIpc) is 2.34. The van der Waals surface area contributed by atoms with Crippen LogP contribution in [0.5, 0.6) is 0 Å². The molecule has 1 rings (SSSR count). The number of ketones is 1. The number of carbonyl (C=O) groups is 1. The number of rotatable bonds is 2. The second kappa shape index (κ2) is 2.66. The van der Waals surface area contributed by atoms with Gasteiger partial charge in [-0.15, -0.1) is 0 Å². The lowest BCUT2D eigenvalue weighted by Gasteiger charge is -1.83. The molecule has 3 nitrogen and oxygen atoms in total. The van der Waals surface area contributed by atoms with E-state index in [9.17, 15) is 4.79 Å². The summed E-state index contributed by atoms with van der Waals surface area (Å²) in [5.41, 5.74) is 1.29. The van der Waals surface area contributed by atoms with Gasteiger partial charge in [-0.25, -0.2) is 0 Å². The highest BCUT2D eigenvalue weighted by Gasteiger charge is 2.00. The monoisotopic (exact) mass is 139 g/mol. The van der Waals surface area contributed by atoms with Gasteiger partial charge in [0.05, 0.1) is 6.61 Å². The fourth-order valence-electron chi connectivity index (χ4n) is 0.736. The Morgan fingerprint density at radius 1 is 1.80 bits per heavy atom. The Morgan fingerprint density at radius 2 is 2.50 bits per heavy atom. The minimum absolute atomic E-state index is 0.0101. The van der Waals surface area contributed by atoms with Crippen molar-refractivity contribution in [2.24, 2.45) is 0 Å². The van der Waals surface area contributed by atoms with E-state index in [4.69, 9.17) is 5.11 Å². The molecule has 1 aromatic rings. The molecule has 0 bridgehead atoms. The van der Waals surface area contributed by atoms with E-state index in [-0.39, 0.29) is 12.4 Å². The largest absolute Gasteiger partial charge is 0.390 e. The molecule has 10 heavy (non-hydrogen) atoms. The summed E-state index contributed by atoms with van der Waals surface area (Å²) in [6.07, 6.45) is 1.59. The Balaban J connectivity index is 2.88. The van der Waals surface area contributed by atoms with Crippen LogP contribution in [0.3, 0.4) is 0 Å². The summed E-state index contributed by atoms with van der Waals surface area (Å²) in [6, 6.07) is 1.64. The zero-order valence-electron chi connectivity index (χ0n) is 5.72. The van der Waals surface area contributed by atoms with Crippen molar-refractivity contribution < 1.29 is 9.90 Å². The zero-order chi connectivity index (χ0) is 7.56. The average molecular weight is 139 g/mol. The Kier molecular flexibility index (Phi) is 1.87. The predicted molar refractivity (Wildman–Crippen MR) is 36.7 cm³/mol. The molecule has 0 amide bonds. The van der Waals surface area contributed by atoms with Gasteiger partial charge in [0.15, 0.2) is 5.78 Å². The molecule has 54 valence electrons. The van der Waals surface area contributed by atoms with Gasteiger partial charge in [-0.3, -0.25) is 4.79 Å². The predicted octanol–water partition coefficient (Wildman–Crippen LogP) is 0.710. The third-order valence-corrected chi connectivity index (χ3v) is 1.32. The number of hydrogen-bond acceptors (Lipinski definition) is 2. The van der Waals surface area contributed by atoms with Crippen molar-refractivity contribution >= 4 is 5.78 Å². The van der Waals surface area contributed by atoms with Crippen LogP contribution in [0.4, 0.5) is 0 Å². The fourth-order valence-corrected chi connectivity index (χ4v) is 0.736. The normalized spacial score (nSPS) is 9.80. The molecule has 0 radical (unpaired) electrons. The van der Waals surface area contributed by atoms with Crippen LogP contribution in [0.15, 0.2) is 12.3 Å². The van der Waals surface area contributed by atoms with Gasteiger partial charge in [0.1, 0.15) is 0 Å².